The fourth-order valence-electron chi connectivity index (χ4n) is 4.30. The fourth-order valence-corrected chi connectivity index (χ4v) is 4.30. The number of carbonyl (C=O) groups is 2. The van der Waals surface area contributed by atoms with E-state index in [1.165, 1.54) is 88.1 Å². The zero-order chi connectivity index (χ0) is 29.3. The van der Waals surface area contributed by atoms with Crippen LogP contribution >= 0.6 is 0 Å². The predicted octanol–water partition coefficient (Wildman–Crippen LogP) is 9.01. The number of ketones is 1. The van der Waals surface area contributed by atoms with Crippen LogP contribution in [0.5, 0.6) is 11.5 Å². The SMILES string of the molecule is CCCCCCCCCCCCOc1ccc(C(=O)Oc2ccc(/C=C/C(=O)c3ccc([N+](=O)[O-])cc3)cc2)cc1. The van der Waals surface area contributed by atoms with Crippen molar-refractivity contribution >= 4 is 23.5 Å². The van der Waals surface area contributed by atoms with E-state index >= 15 is 0 Å². The molecule has 0 aliphatic heterocycles. The third kappa shape index (κ3) is 11.4. The zero-order valence-electron chi connectivity index (χ0n) is 23.8. The molecular weight excluding hydrogens is 518 g/mol. The maximum absolute atomic E-state index is 12.5. The molecule has 216 valence electrons. The largest absolute Gasteiger partial charge is 0.494 e. The van der Waals surface area contributed by atoms with E-state index in [1.807, 2.05) is 0 Å². The molecule has 41 heavy (non-hydrogen) atoms. The lowest BCUT2D eigenvalue weighted by molar-refractivity contribution is -0.384. The minimum absolute atomic E-state index is 0.0699. The Balaban J connectivity index is 1.36. The van der Waals surface area contributed by atoms with Gasteiger partial charge in [-0.1, -0.05) is 82.9 Å². The molecule has 7 nitrogen and oxygen atoms in total. The highest BCUT2D eigenvalue weighted by Crippen LogP contribution is 2.19. The van der Waals surface area contributed by atoms with Gasteiger partial charge >= 0.3 is 5.97 Å². The standard InChI is InChI=1S/C34H39NO6/c1-2-3-4-5-6-7-8-9-10-11-26-40-31-23-17-29(18-24-31)34(37)41-32-21-12-27(13-22-32)14-25-33(36)28-15-19-30(20-16-28)35(38)39/h12-25H,2-11,26H2,1H3/b25-14+. The second-order valence-electron chi connectivity index (χ2n) is 10.0. The summed E-state index contributed by atoms with van der Waals surface area (Å²) in [4.78, 5) is 35.1. The molecule has 0 amide bonds. The lowest BCUT2D eigenvalue weighted by Crippen LogP contribution is -2.08. The first-order valence-electron chi connectivity index (χ1n) is 14.5. The lowest BCUT2D eigenvalue weighted by Gasteiger charge is -2.08. The summed E-state index contributed by atoms with van der Waals surface area (Å²) < 4.78 is 11.3. The molecule has 0 atom stereocenters. The number of esters is 1. The molecule has 0 aliphatic rings. The average Bonchev–Trinajstić information content (AvgIpc) is 2.99. The molecule has 3 aromatic carbocycles. The van der Waals surface area contributed by atoms with Crippen LogP contribution in [0.2, 0.25) is 0 Å². The van der Waals surface area contributed by atoms with Crippen LogP contribution < -0.4 is 9.47 Å². The summed E-state index contributed by atoms with van der Waals surface area (Å²) in [6.45, 7) is 2.91. The van der Waals surface area contributed by atoms with Crippen LogP contribution in [0.3, 0.4) is 0 Å². The number of carbonyl (C=O) groups excluding carboxylic acids is 2. The van der Waals surface area contributed by atoms with Gasteiger partial charge in [0.25, 0.3) is 5.69 Å². The average molecular weight is 558 g/mol. The number of nitro groups is 1. The van der Waals surface area contributed by atoms with Gasteiger partial charge in [0.2, 0.25) is 0 Å². The Kier molecular flexibility index (Phi) is 13.3. The number of nitrogens with zero attached hydrogens (tertiary/aromatic N) is 1. The van der Waals surface area contributed by atoms with Crippen LogP contribution in [-0.2, 0) is 0 Å². The van der Waals surface area contributed by atoms with E-state index in [0.29, 0.717) is 23.5 Å². The van der Waals surface area contributed by atoms with Crippen molar-refractivity contribution in [1.29, 1.82) is 0 Å². The number of nitro benzene ring substituents is 1. The molecule has 0 aromatic heterocycles. The lowest BCUT2D eigenvalue weighted by atomic mass is 10.1. The first-order chi connectivity index (χ1) is 20.0. The number of hydrogen-bond acceptors (Lipinski definition) is 6. The number of ether oxygens (including phenoxy) is 2. The van der Waals surface area contributed by atoms with E-state index in [-0.39, 0.29) is 11.5 Å². The van der Waals surface area contributed by atoms with Crippen molar-refractivity contribution in [3.8, 4) is 11.5 Å². The number of hydrogen-bond donors (Lipinski definition) is 0. The van der Waals surface area contributed by atoms with Crippen LogP contribution in [0.4, 0.5) is 5.69 Å². The molecule has 0 spiro atoms. The van der Waals surface area contributed by atoms with Crippen LogP contribution in [-0.4, -0.2) is 23.3 Å². The zero-order valence-corrected chi connectivity index (χ0v) is 23.8. The maximum atomic E-state index is 12.5. The number of unbranched alkanes of at least 4 members (excludes halogenated alkanes) is 9. The molecule has 0 bridgehead atoms. The highest BCUT2D eigenvalue weighted by molar-refractivity contribution is 6.06. The van der Waals surface area contributed by atoms with E-state index in [9.17, 15) is 19.7 Å². The van der Waals surface area contributed by atoms with Gasteiger partial charge in [0, 0.05) is 17.7 Å². The Labute approximate surface area is 242 Å². The molecule has 3 aromatic rings. The van der Waals surface area contributed by atoms with Crippen LogP contribution in [0.25, 0.3) is 6.08 Å². The Bertz CT molecular complexity index is 1260. The van der Waals surface area contributed by atoms with Gasteiger partial charge in [-0.15, -0.1) is 0 Å². The third-order valence-electron chi connectivity index (χ3n) is 6.74. The molecule has 0 aliphatic carbocycles. The van der Waals surface area contributed by atoms with Crippen LogP contribution in [0.1, 0.15) is 97.4 Å². The van der Waals surface area contributed by atoms with Crippen LogP contribution in [0, 0.1) is 10.1 Å². The topological polar surface area (TPSA) is 95.7 Å². The maximum Gasteiger partial charge on any atom is 0.343 e. The van der Waals surface area contributed by atoms with E-state index in [1.54, 1.807) is 54.6 Å². The molecule has 0 heterocycles. The highest BCUT2D eigenvalue weighted by atomic mass is 16.6. The number of rotatable bonds is 18. The third-order valence-corrected chi connectivity index (χ3v) is 6.74. The first-order valence-corrected chi connectivity index (χ1v) is 14.5. The van der Waals surface area contributed by atoms with Gasteiger partial charge < -0.3 is 9.47 Å². The molecule has 0 fully saturated rings. The summed E-state index contributed by atoms with van der Waals surface area (Å²) in [6.07, 6.45) is 15.8. The van der Waals surface area contributed by atoms with Gasteiger partial charge in [0.1, 0.15) is 11.5 Å². The summed E-state index contributed by atoms with van der Waals surface area (Å²) in [7, 11) is 0. The molecular formula is C34H39NO6. The number of non-ortho nitro benzene ring substituents is 1. The second kappa shape index (κ2) is 17.4. The normalized spacial score (nSPS) is 11.0. The molecule has 0 unspecified atom stereocenters. The van der Waals surface area contributed by atoms with Crippen molar-refractivity contribution in [2.24, 2.45) is 0 Å². The summed E-state index contributed by atoms with van der Waals surface area (Å²) in [5.74, 6) is 0.376. The smallest absolute Gasteiger partial charge is 0.343 e. The Morgan fingerprint density at radius 3 is 1.83 bits per heavy atom. The van der Waals surface area contributed by atoms with Gasteiger partial charge in [-0.2, -0.15) is 0 Å². The summed E-state index contributed by atoms with van der Waals surface area (Å²) >= 11 is 0. The number of allylic oxidation sites excluding steroid dienone is 1. The van der Waals surface area contributed by atoms with Gasteiger partial charge in [0.05, 0.1) is 17.1 Å². The minimum atomic E-state index is -0.511. The molecule has 7 heteroatoms. The minimum Gasteiger partial charge on any atom is -0.494 e. The van der Waals surface area contributed by atoms with Gasteiger partial charge in [-0.25, -0.2) is 4.79 Å². The van der Waals surface area contributed by atoms with Crippen molar-refractivity contribution in [3.05, 3.63) is 106 Å². The predicted molar refractivity (Wildman–Crippen MR) is 162 cm³/mol. The van der Waals surface area contributed by atoms with Crippen molar-refractivity contribution in [2.75, 3.05) is 6.61 Å². The van der Waals surface area contributed by atoms with Crippen molar-refractivity contribution in [3.63, 3.8) is 0 Å². The molecule has 0 N–H and O–H groups in total. The second-order valence-corrected chi connectivity index (χ2v) is 10.0. The quantitative estimate of drug-likeness (QED) is 0.0294. The molecule has 0 saturated carbocycles. The number of benzene rings is 3. The van der Waals surface area contributed by atoms with Gasteiger partial charge in [0.15, 0.2) is 5.78 Å². The Morgan fingerprint density at radius 1 is 0.707 bits per heavy atom. The van der Waals surface area contributed by atoms with Crippen LogP contribution in [0.15, 0.2) is 78.9 Å². The van der Waals surface area contributed by atoms with E-state index in [2.05, 4.69) is 6.92 Å². The summed E-state index contributed by atoms with van der Waals surface area (Å²) in [5.41, 5.74) is 1.45. The van der Waals surface area contributed by atoms with Gasteiger partial charge in [-0.3, -0.25) is 14.9 Å². The first kappa shape index (κ1) is 31.3. The monoisotopic (exact) mass is 557 g/mol. The summed E-state index contributed by atoms with van der Waals surface area (Å²) in [5, 5.41) is 10.8. The molecule has 0 saturated heterocycles. The fraction of sp³-hybridized carbons (Fsp3) is 0.353. The molecule has 3 rings (SSSR count). The summed E-state index contributed by atoms with van der Waals surface area (Å²) in [6, 6.07) is 19.1. The van der Waals surface area contributed by atoms with Crippen molar-refractivity contribution in [1.82, 2.24) is 0 Å². The van der Waals surface area contributed by atoms with Crippen molar-refractivity contribution in [2.45, 2.75) is 71.1 Å². The Hall–Kier alpha value is -4.26. The van der Waals surface area contributed by atoms with E-state index in [0.717, 1.165) is 17.7 Å². The van der Waals surface area contributed by atoms with E-state index < -0.39 is 10.9 Å². The van der Waals surface area contributed by atoms with Crippen molar-refractivity contribution < 1.29 is 24.0 Å². The molecule has 0 radical (unpaired) electrons. The van der Waals surface area contributed by atoms with E-state index in [4.69, 9.17) is 9.47 Å². The van der Waals surface area contributed by atoms with Gasteiger partial charge in [-0.05, 0) is 66.6 Å². The Morgan fingerprint density at radius 2 is 1.24 bits per heavy atom. The highest BCUT2D eigenvalue weighted by Gasteiger charge is 2.10.